The van der Waals surface area contributed by atoms with Crippen LogP contribution in [0.3, 0.4) is 0 Å². The normalized spacial score (nSPS) is 15.2. The second kappa shape index (κ2) is 14.8. The third-order valence-electron chi connectivity index (χ3n) is 6.69. The smallest absolute Gasteiger partial charge is 0.488 e. The number of fused-ring (bicyclic) bond motifs is 1. The number of halogens is 9. The molecule has 14 heteroatoms. The Kier molecular flexibility index (Phi) is 11.4. The van der Waals surface area contributed by atoms with Crippen molar-refractivity contribution in [3.05, 3.63) is 112 Å². The number of benzene rings is 4. The standard InChI is InChI=1S/C24H18ClF6NO3.C8H6Cl2O/c25-16-6-1-5-15(10-16)20-13-34-22-18(14-4-2-7-17(11-14)35-24(29,30)31)8-3-9-19(22)32(20)12-21(33)23(26,27)28;9-5-8(11)6-2-1-3-7(10)4-6/h1-11,20-21,33H,12-13H2;1-4H,5H2. The summed E-state index contributed by atoms with van der Waals surface area (Å²) in [6, 6.07) is 22.4. The number of hydrogen-bond donors (Lipinski definition) is 1. The van der Waals surface area contributed by atoms with Crippen molar-refractivity contribution in [2.45, 2.75) is 24.7 Å². The minimum atomic E-state index is -4.89. The summed E-state index contributed by atoms with van der Waals surface area (Å²) in [5, 5.41) is 10.8. The zero-order valence-corrected chi connectivity index (χ0v) is 25.7. The van der Waals surface area contributed by atoms with Gasteiger partial charge in [-0.3, -0.25) is 4.79 Å². The summed E-state index contributed by atoms with van der Waals surface area (Å²) in [7, 11) is 0. The lowest BCUT2D eigenvalue weighted by Crippen LogP contribution is -2.46. The Bertz CT molecular complexity index is 1670. The third-order valence-corrected chi connectivity index (χ3v) is 7.41. The monoisotopic (exact) mass is 705 g/mol. The van der Waals surface area contributed by atoms with Crippen LogP contribution in [0.15, 0.2) is 91.0 Å². The summed E-state index contributed by atoms with van der Waals surface area (Å²) in [5.41, 5.74) is 2.03. The van der Waals surface area contributed by atoms with Gasteiger partial charge in [-0.15, -0.1) is 24.8 Å². The third kappa shape index (κ3) is 9.22. The van der Waals surface area contributed by atoms with E-state index in [1.54, 1.807) is 60.7 Å². The molecule has 1 aliphatic heterocycles. The van der Waals surface area contributed by atoms with Crippen LogP contribution in [-0.2, 0) is 0 Å². The zero-order chi connectivity index (χ0) is 33.6. The van der Waals surface area contributed by atoms with Crippen molar-refractivity contribution in [2.24, 2.45) is 0 Å². The van der Waals surface area contributed by atoms with Crippen molar-refractivity contribution in [3.63, 3.8) is 0 Å². The van der Waals surface area contributed by atoms with Crippen LogP contribution in [0.1, 0.15) is 22.0 Å². The minimum Gasteiger partial charge on any atom is -0.488 e. The van der Waals surface area contributed by atoms with Crippen molar-refractivity contribution in [2.75, 3.05) is 23.9 Å². The summed E-state index contributed by atoms with van der Waals surface area (Å²) in [4.78, 5) is 12.3. The predicted octanol–water partition coefficient (Wildman–Crippen LogP) is 9.53. The molecule has 2 atom stereocenters. The Balaban J connectivity index is 0.000000369. The van der Waals surface area contributed by atoms with Crippen LogP contribution in [0.4, 0.5) is 32.0 Å². The van der Waals surface area contributed by atoms with Crippen LogP contribution in [0.5, 0.6) is 11.5 Å². The Hall–Kier alpha value is -3.64. The highest BCUT2D eigenvalue weighted by molar-refractivity contribution is 6.32. The van der Waals surface area contributed by atoms with Gasteiger partial charge in [-0.2, -0.15) is 13.2 Å². The molecule has 0 aromatic heterocycles. The van der Waals surface area contributed by atoms with Gasteiger partial charge in [-0.25, -0.2) is 0 Å². The van der Waals surface area contributed by atoms with Crippen LogP contribution in [0, 0.1) is 0 Å². The number of Topliss-reactive ketones (excluding diaryl/α,β-unsaturated/α-hetero) is 1. The van der Waals surface area contributed by atoms with Crippen molar-refractivity contribution in [3.8, 4) is 22.6 Å². The number of anilines is 1. The van der Waals surface area contributed by atoms with E-state index in [1.165, 1.54) is 23.1 Å². The van der Waals surface area contributed by atoms with Gasteiger partial charge in [-0.05, 0) is 53.6 Å². The van der Waals surface area contributed by atoms with Gasteiger partial charge in [0, 0.05) is 21.2 Å². The average molecular weight is 707 g/mol. The molecule has 0 aliphatic carbocycles. The summed E-state index contributed by atoms with van der Waals surface area (Å²) in [6.07, 6.45) is -12.4. The largest absolute Gasteiger partial charge is 0.573 e. The number of aliphatic hydroxyl groups excluding tert-OH is 1. The van der Waals surface area contributed by atoms with Crippen LogP contribution in [0.25, 0.3) is 11.1 Å². The van der Waals surface area contributed by atoms with Gasteiger partial charge in [0.1, 0.15) is 12.4 Å². The van der Waals surface area contributed by atoms with E-state index in [0.29, 0.717) is 32.3 Å². The van der Waals surface area contributed by atoms with Crippen molar-refractivity contribution in [1.82, 2.24) is 0 Å². The molecule has 0 fully saturated rings. The minimum absolute atomic E-state index is 0.000340. The molecule has 1 N–H and O–H groups in total. The fourth-order valence-electron chi connectivity index (χ4n) is 4.66. The van der Waals surface area contributed by atoms with Crippen LogP contribution in [-0.4, -0.2) is 48.6 Å². The van der Waals surface area contributed by atoms with Crippen LogP contribution in [0.2, 0.25) is 10.0 Å². The Morgan fingerprint density at radius 1 is 0.913 bits per heavy atom. The second-order valence-electron chi connectivity index (χ2n) is 9.89. The number of ketones is 1. The molecule has 0 bridgehead atoms. The quantitative estimate of drug-likeness (QED) is 0.118. The molecule has 1 heterocycles. The van der Waals surface area contributed by atoms with Gasteiger partial charge in [0.25, 0.3) is 0 Å². The molecule has 4 aromatic carbocycles. The molecule has 46 heavy (non-hydrogen) atoms. The number of alkyl halides is 7. The Morgan fingerprint density at radius 2 is 1.57 bits per heavy atom. The topological polar surface area (TPSA) is 59.0 Å². The van der Waals surface area contributed by atoms with Gasteiger partial charge in [0.2, 0.25) is 0 Å². The number of carbonyl (C=O) groups is 1. The first-order valence-corrected chi connectivity index (χ1v) is 14.7. The van der Waals surface area contributed by atoms with Crippen LogP contribution < -0.4 is 14.4 Å². The Morgan fingerprint density at radius 3 is 2.20 bits per heavy atom. The molecule has 0 saturated carbocycles. The second-order valence-corrected chi connectivity index (χ2v) is 11.0. The molecule has 5 nitrogen and oxygen atoms in total. The Labute approximate surface area is 274 Å². The predicted molar refractivity (Wildman–Crippen MR) is 164 cm³/mol. The molecule has 244 valence electrons. The molecule has 5 rings (SSSR count). The van der Waals surface area contributed by atoms with Crippen molar-refractivity contribution >= 4 is 46.3 Å². The average Bonchev–Trinajstić information content (AvgIpc) is 2.99. The van der Waals surface area contributed by atoms with E-state index in [4.69, 9.17) is 39.5 Å². The highest BCUT2D eigenvalue weighted by Crippen LogP contribution is 2.46. The highest BCUT2D eigenvalue weighted by atomic mass is 35.5. The van der Waals surface area contributed by atoms with Gasteiger partial charge in [0.05, 0.1) is 24.2 Å². The van der Waals surface area contributed by atoms with E-state index in [2.05, 4.69) is 4.74 Å². The lowest BCUT2D eigenvalue weighted by Gasteiger charge is -2.40. The first kappa shape index (κ1) is 35.2. The van der Waals surface area contributed by atoms with E-state index in [9.17, 15) is 36.2 Å². The number of hydrogen-bond acceptors (Lipinski definition) is 5. The first-order valence-electron chi connectivity index (χ1n) is 13.4. The van der Waals surface area contributed by atoms with Crippen molar-refractivity contribution in [1.29, 1.82) is 0 Å². The number of carbonyl (C=O) groups excluding carboxylic acids is 1. The molecule has 0 amide bonds. The van der Waals surface area contributed by atoms with Crippen molar-refractivity contribution < 1.29 is 45.7 Å². The van der Waals surface area contributed by atoms with Crippen LogP contribution >= 0.6 is 34.8 Å². The van der Waals surface area contributed by atoms with E-state index >= 15 is 0 Å². The summed E-state index contributed by atoms with van der Waals surface area (Å²) >= 11 is 17.1. The van der Waals surface area contributed by atoms with Gasteiger partial charge < -0.3 is 19.5 Å². The molecule has 1 aliphatic rings. The number of para-hydroxylation sites is 1. The van der Waals surface area contributed by atoms with E-state index < -0.39 is 37.0 Å². The number of β-amino-alcohol motifs (C(OH)–C–C–N with tert-alkyl or cyclic N) is 1. The first-order chi connectivity index (χ1) is 21.7. The maximum absolute atomic E-state index is 13.3. The summed E-state index contributed by atoms with van der Waals surface area (Å²) < 4.78 is 87.7. The number of nitrogens with zero attached hydrogens (tertiary/aromatic N) is 1. The molecule has 4 aromatic rings. The zero-order valence-electron chi connectivity index (χ0n) is 23.5. The molecule has 0 radical (unpaired) electrons. The fourth-order valence-corrected chi connectivity index (χ4v) is 5.20. The lowest BCUT2D eigenvalue weighted by molar-refractivity contribution is -0.274. The van der Waals surface area contributed by atoms with Gasteiger partial charge in [-0.1, -0.05) is 71.7 Å². The highest BCUT2D eigenvalue weighted by Gasteiger charge is 2.42. The molecular weight excluding hydrogens is 683 g/mol. The number of rotatable bonds is 7. The lowest BCUT2D eigenvalue weighted by atomic mass is 9.98. The van der Waals surface area contributed by atoms with E-state index in [1.807, 2.05) is 0 Å². The maximum Gasteiger partial charge on any atom is 0.573 e. The molecule has 2 unspecified atom stereocenters. The summed E-state index contributed by atoms with van der Waals surface area (Å²) in [5.74, 6) is -0.386. The molecular formula is C32H24Cl3F6NO4. The van der Waals surface area contributed by atoms with Gasteiger partial charge in [0.15, 0.2) is 17.6 Å². The van der Waals surface area contributed by atoms with Gasteiger partial charge >= 0.3 is 12.5 Å². The van der Waals surface area contributed by atoms with E-state index in [0.717, 1.165) is 12.1 Å². The maximum atomic E-state index is 13.3. The SMILES string of the molecule is O=C(CCl)c1cccc(Cl)c1.OC(CN1c2cccc(-c3cccc(OC(F)(F)F)c3)c2OCC1c1cccc(Cl)c1)C(F)(F)F. The van der Waals surface area contributed by atoms with E-state index in [-0.39, 0.29) is 29.7 Å². The fraction of sp³-hybridized carbons (Fsp3) is 0.219. The number of ether oxygens (including phenoxy) is 2. The summed E-state index contributed by atoms with van der Waals surface area (Å²) in [6.45, 7) is -0.884. The number of aliphatic hydroxyl groups is 1. The molecule has 0 saturated heterocycles. The molecule has 0 spiro atoms.